The van der Waals surface area contributed by atoms with Gasteiger partial charge in [0.15, 0.2) is 5.82 Å². The Labute approximate surface area is 136 Å². The minimum absolute atomic E-state index is 0.265. The molecule has 106 valence electrons. The molecule has 3 rings (SSSR count). The number of benzene rings is 1. The van der Waals surface area contributed by atoms with Gasteiger partial charge >= 0.3 is 0 Å². The molecule has 21 heavy (non-hydrogen) atoms. The molecule has 0 spiro atoms. The molecule has 3 aromatic rings. The van der Waals surface area contributed by atoms with Crippen molar-refractivity contribution in [2.75, 3.05) is 0 Å². The standard InChI is InChI=1S/C16H13BrClN3/c1-9(2)14-13(17)15(18)21-16(20-14)11-5-6-12-10(8-11)4-3-7-19-12/h3-9H,1-2H3. The lowest BCUT2D eigenvalue weighted by Gasteiger charge is -2.11. The SMILES string of the molecule is CC(C)c1nc(-c2ccc3ncccc3c2)nc(Cl)c1Br. The van der Waals surface area contributed by atoms with Crippen LogP contribution in [0, 0.1) is 0 Å². The van der Waals surface area contributed by atoms with Crippen LogP contribution >= 0.6 is 27.5 Å². The van der Waals surface area contributed by atoms with Gasteiger partial charge in [-0.15, -0.1) is 0 Å². The summed E-state index contributed by atoms with van der Waals surface area (Å²) in [5, 5.41) is 1.50. The van der Waals surface area contributed by atoms with E-state index >= 15 is 0 Å². The Morgan fingerprint density at radius 3 is 2.71 bits per heavy atom. The fourth-order valence-corrected chi connectivity index (χ4v) is 2.97. The van der Waals surface area contributed by atoms with Crippen LogP contribution in [0.1, 0.15) is 25.5 Å². The topological polar surface area (TPSA) is 38.7 Å². The third-order valence-corrected chi connectivity index (χ3v) is 4.53. The summed E-state index contributed by atoms with van der Waals surface area (Å²) in [4.78, 5) is 13.3. The van der Waals surface area contributed by atoms with E-state index in [1.807, 2.05) is 30.3 Å². The van der Waals surface area contributed by atoms with Crippen LogP contribution in [0.5, 0.6) is 0 Å². The molecule has 0 N–H and O–H groups in total. The molecule has 0 aliphatic carbocycles. The number of pyridine rings is 1. The average molecular weight is 363 g/mol. The molecule has 0 atom stereocenters. The molecule has 0 saturated carbocycles. The molecule has 5 heteroatoms. The summed E-state index contributed by atoms with van der Waals surface area (Å²) in [6.45, 7) is 4.16. The quantitative estimate of drug-likeness (QED) is 0.586. The Morgan fingerprint density at radius 1 is 1.14 bits per heavy atom. The van der Waals surface area contributed by atoms with E-state index in [2.05, 4.69) is 44.7 Å². The molecule has 0 saturated heterocycles. The van der Waals surface area contributed by atoms with Gasteiger partial charge < -0.3 is 0 Å². The van der Waals surface area contributed by atoms with Crippen LogP contribution in [-0.2, 0) is 0 Å². The summed E-state index contributed by atoms with van der Waals surface area (Å²) in [6, 6.07) is 9.92. The third-order valence-electron chi connectivity index (χ3n) is 3.24. The van der Waals surface area contributed by atoms with Gasteiger partial charge in [-0.2, -0.15) is 0 Å². The van der Waals surface area contributed by atoms with Gasteiger partial charge in [0.1, 0.15) is 5.15 Å². The number of halogens is 2. The molecule has 2 heterocycles. The first-order valence-corrected chi connectivity index (χ1v) is 7.81. The van der Waals surface area contributed by atoms with Gasteiger partial charge in [-0.05, 0) is 46.1 Å². The van der Waals surface area contributed by atoms with Gasteiger partial charge in [0, 0.05) is 17.1 Å². The van der Waals surface area contributed by atoms with Crippen molar-refractivity contribution in [1.29, 1.82) is 0 Å². The second kappa shape index (κ2) is 5.70. The van der Waals surface area contributed by atoms with Crippen LogP contribution in [0.15, 0.2) is 41.0 Å². The number of rotatable bonds is 2. The van der Waals surface area contributed by atoms with Crippen molar-refractivity contribution < 1.29 is 0 Å². The van der Waals surface area contributed by atoms with Crippen molar-refractivity contribution >= 4 is 38.4 Å². The zero-order valence-corrected chi connectivity index (χ0v) is 14.0. The van der Waals surface area contributed by atoms with E-state index in [4.69, 9.17) is 11.6 Å². The van der Waals surface area contributed by atoms with Crippen LogP contribution in [0.3, 0.4) is 0 Å². The maximum atomic E-state index is 6.22. The second-order valence-corrected chi connectivity index (χ2v) is 6.25. The van der Waals surface area contributed by atoms with Crippen molar-refractivity contribution in [3.63, 3.8) is 0 Å². The minimum atomic E-state index is 0.265. The van der Waals surface area contributed by atoms with Crippen LogP contribution in [0.4, 0.5) is 0 Å². The largest absolute Gasteiger partial charge is 0.256 e. The predicted octanol–water partition coefficient (Wildman–Crippen LogP) is 5.23. The second-order valence-electron chi connectivity index (χ2n) is 5.10. The van der Waals surface area contributed by atoms with Crippen molar-refractivity contribution in [1.82, 2.24) is 15.0 Å². The van der Waals surface area contributed by atoms with Crippen LogP contribution in [0.25, 0.3) is 22.3 Å². The first kappa shape index (κ1) is 14.4. The van der Waals surface area contributed by atoms with Gasteiger partial charge in [0.05, 0.1) is 15.7 Å². The molecule has 0 aliphatic rings. The molecule has 0 fully saturated rings. The Hall–Kier alpha value is -1.52. The molecule has 0 bridgehead atoms. The lowest BCUT2D eigenvalue weighted by atomic mass is 10.1. The average Bonchev–Trinajstić information content (AvgIpc) is 2.49. The molecule has 2 aromatic heterocycles. The van der Waals surface area contributed by atoms with Gasteiger partial charge in [-0.3, -0.25) is 4.98 Å². The van der Waals surface area contributed by atoms with Gasteiger partial charge in [-0.25, -0.2) is 9.97 Å². The fourth-order valence-electron chi connectivity index (χ4n) is 2.16. The van der Waals surface area contributed by atoms with Gasteiger partial charge in [-0.1, -0.05) is 31.5 Å². The van der Waals surface area contributed by atoms with E-state index in [-0.39, 0.29) is 5.92 Å². The van der Waals surface area contributed by atoms with Crippen molar-refractivity contribution in [2.45, 2.75) is 19.8 Å². The summed E-state index contributed by atoms with van der Waals surface area (Å²) < 4.78 is 0.769. The number of fused-ring (bicyclic) bond motifs is 1. The number of hydrogen-bond acceptors (Lipinski definition) is 3. The molecular weight excluding hydrogens is 350 g/mol. The van der Waals surface area contributed by atoms with E-state index in [1.54, 1.807) is 6.20 Å². The summed E-state index contributed by atoms with van der Waals surface area (Å²) >= 11 is 9.68. The van der Waals surface area contributed by atoms with Crippen molar-refractivity contribution in [2.24, 2.45) is 0 Å². The van der Waals surface area contributed by atoms with Crippen molar-refractivity contribution in [3.8, 4) is 11.4 Å². The van der Waals surface area contributed by atoms with Crippen LogP contribution < -0.4 is 0 Å². The zero-order chi connectivity index (χ0) is 15.0. The molecule has 0 unspecified atom stereocenters. The molecule has 0 amide bonds. The molecule has 3 nitrogen and oxygen atoms in total. The molecule has 0 aliphatic heterocycles. The first-order chi connectivity index (χ1) is 10.1. The van der Waals surface area contributed by atoms with E-state index in [9.17, 15) is 0 Å². The predicted molar refractivity (Wildman–Crippen MR) is 89.6 cm³/mol. The Balaban J connectivity index is 2.18. The number of hydrogen-bond donors (Lipinski definition) is 0. The molecule has 0 radical (unpaired) electrons. The van der Waals surface area contributed by atoms with Crippen molar-refractivity contribution in [3.05, 3.63) is 51.8 Å². The number of nitrogens with zero attached hydrogens (tertiary/aromatic N) is 3. The highest BCUT2D eigenvalue weighted by molar-refractivity contribution is 9.10. The Kier molecular flexibility index (Phi) is 3.91. The first-order valence-electron chi connectivity index (χ1n) is 6.64. The van der Waals surface area contributed by atoms with E-state index in [0.29, 0.717) is 11.0 Å². The molecular formula is C16H13BrClN3. The van der Waals surface area contributed by atoms with Crippen LogP contribution in [0.2, 0.25) is 5.15 Å². The van der Waals surface area contributed by atoms with Gasteiger partial charge in [0.25, 0.3) is 0 Å². The Bertz CT molecular complexity index is 818. The summed E-state index contributed by atoms with van der Waals surface area (Å²) in [7, 11) is 0. The monoisotopic (exact) mass is 361 g/mol. The van der Waals surface area contributed by atoms with Gasteiger partial charge in [0.2, 0.25) is 0 Å². The summed E-state index contributed by atoms with van der Waals surface area (Å²) in [5.41, 5.74) is 2.80. The third kappa shape index (κ3) is 2.78. The normalized spacial score (nSPS) is 11.3. The van der Waals surface area contributed by atoms with E-state index in [0.717, 1.165) is 26.6 Å². The highest BCUT2D eigenvalue weighted by atomic mass is 79.9. The maximum Gasteiger partial charge on any atom is 0.161 e. The zero-order valence-electron chi connectivity index (χ0n) is 11.6. The highest BCUT2D eigenvalue weighted by Gasteiger charge is 2.14. The number of aromatic nitrogens is 3. The lowest BCUT2D eigenvalue weighted by molar-refractivity contribution is 0.809. The summed E-state index contributed by atoms with van der Waals surface area (Å²) in [5.74, 6) is 0.901. The minimum Gasteiger partial charge on any atom is -0.256 e. The lowest BCUT2D eigenvalue weighted by Crippen LogP contribution is -2.00. The smallest absolute Gasteiger partial charge is 0.161 e. The fraction of sp³-hybridized carbons (Fsp3) is 0.188. The van der Waals surface area contributed by atoms with Crippen LogP contribution in [-0.4, -0.2) is 15.0 Å². The maximum absolute atomic E-state index is 6.22. The highest BCUT2D eigenvalue weighted by Crippen LogP contribution is 2.31. The van der Waals surface area contributed by atoms with E-state index < -0.39 is 0 Å². The Morgan fingerprint density at radius 2 is 1.95 bits per heavy atom. The molecule has 1 aromatic carbocycles. The van der Waals surface area contributed by atoms with E-state index in [1.165, 1.54) is 0 Å². The summed E-state index contributed by atoms with van der Waals surface area (Å²) in [6.07, 6.45) is 1.78.